The number of esters is 1. The largest absolute Gasteiger partial charge is 0.458 e. The Morgan fingerprint density at radius 3 is 2.53 bits per heavy atom. The molecule has 0 amide bonds. The molecule has 1 aliphatic heterocycles. The summed E-state index contributed by atoms with van der Waals surface area (Å²) in [5.74, 6) is -0.0581. The lowest BCUT2D eigenvalue weighted by molar-refractivity contribution is -0.154. The van der Waals surface area contributed by atoms with Gasteiger partial charge >= 0.3 is 5.97 Å². The van der Waals surface area contributed by atoms with E-state index in [4.69, 9.17) is 4.74 Å². The minimum Gasteiger partial charge on any atom is -0.458 e. The zero-order valence-corrected chi connectivity index (χ0v) is 11.8. The van der Waals surface area contributed by atoms with Crippen molar-refractivity contribution >= 4 is 5.97 Å². The maximum atomic E-state index is 12.2. The van der Waals surface area contributed by atoms with Gasteiger partial charge in [-0.25, -0.2) is 0 Å². The highest BCUT2D eigenvalue weighted by Crippen LogP contribution is 2.20. The van der Waals surface area contributed by atoms with Crippen molar-refractivity contribution in [2.75, 3.05) is 19.6 Å². The van der Waals surface area contributed by atoms with E-state index in [1.807, 2.05) is 37.3 Å². The van der Waals surface area contributed by atoms with Crippen molar-refractivity contribution in [1.82, 2.24) is 4.90 Å². The normalized spacial score (nSPS) is 18.4. The van der Waals surface area contributed by atoms with Gasteiger partial charge in [0, 0.05) is 6.54 Å². The Morgan fingerprint density at radius 2 is 2.00 bits per heavy atom. The van der Waals surface area contributed by atoms with Crippen LogP contribution in [0.4, 0.5) is 0 Å². The third kappa shape index (κ3) is 3.80. The molecule has 19 heavy (non-hydrogen) atoms. The van der Waals surface area contributed by atoms with Gasteiger partial charge in [-0.15, -0.1) is 0 Å². The molecule has 3 nitrogen and oxygen atoms in total. The van der Waals surface area contributed by atoms with E-state index in [1.54, 1.807) is 0 Å². The van der Waals surface area contributed by atoms with Gasteiger partial charge in [-0.3, -0.25) is 4.79 Å². The Labute approximate surface area is 115 Å². The zero-order chi connectivity index (χ0) is 13.7. The van der Waals surface area contributed by atoms with E-state index in [1.165, 1.54) is 6.42 Å². The Kier molecular flexibility index (Phi) is 4.97. The number of hydrogen-bond acceptors (Lipinski definition) is 3. The Bertz CT molecular complexity index is 400. The van der Waals surface area contributed by atoms with Crippen LogP contribution in [0.2, 0.25) is 0 Å². The van der Waals surface area contributed by atoms with Gasteiger partial charge in [0.1, 0.15) is 6.10 Å². The first-order valence-corrected chi connectivity index (χ1v) is 7.18. The third-order valence-electron chi connectivity index (χ3n) is 3.82. The predicted molar refractivity (Wildman–Crippen MR) is 75.8 cm³/mol. The first-order chi connectivity index (χ1) is 9.20. The van der Waals surface area contributed by atoms with E-state index in [2.05, 4.69) is 11.8 Å². The van der Waals surface area contributed by atoms with Crippen LogP contribution in [0.5, 0.6) is 0 Å². The second kappa shape index (κ2) is 6.71. The predicted octanol–water partition coefficient (Wildman–Crippen LogP) is 3.02. The fourth-order valence-electron chi connectivity index (χ4n) is 2.31. The van der Waals surface area contributed by atoms with Crippen molar-refractivity contribution < 1.29 is 9.53 Å². The topological polar surface area (TPSA) is 29.5 Å². The van der Waals surface area contributed by atoms with E-state index < -0.39 is 0 Å². The number of rotatable bonds is 6. The van der Waals surface area contributed by atoms with Gasteiger partial charge in [-0.1, -0.05) is 37.3 Å². The summed E-state index contributed by atoms with van der Waals surface area (Å²) in [6.45, 7) is 7.08. The second-order valence-corrected chi connectivity index (χ2v) is 5.25. The molecular weight excluding hydrogens is 238 g/mol. The summed E-state index contributed by atoms with van der Waals surface area (Å²) in [4.78, 5) is 14.5. The molecule has 0 spiro atoms. The van der Waals surface area contributed by atoms with Crippen LogP contribution in [-0.2, 0) is 9.53 Å². The maximum absolute atomic E-state index is 12.2. The van der Waals surface area contributed by atoms with Crippen molar-refractivity contribution in [1.29, 1.82) is 0 Å². The van der Waals surface area contributed by atoms with Crippen LogP contribution in [0.25, 0.3) is 0 Å². The average molecular weight is 261 g/mol. The van der Waals surface area contributed by atoms with Crippen LogP contribution in [-0.4, -0.2) is 30.5 Å². The third-order valence-corrected chi connectivity index (χ3v) is 3.82. The number of nitrogens with zero attached hydrogens (tertiary/aromatic N) is 1. The van der Waals surface area contributed by atoms with Gasteiger partial charge in [0.25, 0.3) is 0 Å². The smallest absolute Gasteiger partial charge is 0.310 e. The highest BCUT2D eigenvalue weighted by molar-refractivity contribution is 5.73. The minimum absolute atomic E-state index is 0.00598. The molecule has 1 heterocycles. The molecule has 1 aliphatic rings. The Morgan fingerprint density at radius 1 is 1.32 bits per heavy atom. The molecule has 0 bridgehead atoms. The van der Waals surface area contributed by atoms with E-state index >= 15 is 0 Å². The number of benzene rings is 1. The SMILES string of the molecule is CCC(CN1CCC1)C(=O)OC(C)c1ccccc1. The lowest BCUT2D eigenvalue weighted by atomic mass is 10.0. The molecule has 2 unspecified atom stereocenters. The van der Waals surface area contributed by atoms with E-state index in [0.29, 0.717) is 0 Å². The van der Waals surface area contributed by atoms with E-state index in [-0.39, 0.29) is 18.0 Å². The van der Waals surface area contributed by atoms with Crippen LogP contribution >= 0.6 is 0 Å². The molecule has 0 N–H and O–H groups in total. The van der Waals surface area contributed by atoms with Crippen LogP contribution in [0.3, 0.4) is 0 Å². The van der Waals surface area contributed by atoms with Gasteiger partial charge < -0.3 is 9.64 Å². The molecule has 3 heteroatoms. The summed E-state index contributed by atoms with van der Waals surface area (Å²) >= 11 is 0. The summed E-state index contributed by atoms with van der Waals surface area (Å²) in [6.07, 6.45) is 1.93. The van der Waals surface area contributed by atoms with Crippen molar-refractivity contribution in [2.24, 2.45) is 5.92 Å². The average Bonchev–Trinajstić information content (AvgIpc) is 2.38. The van der Waals surface area contributed by atoms with Crippen LogP contribution in [0.1, 0.15) is 38.4 Å². The van der Waals surface area contributed by atoms with Crippen LogP contribution in [0, 0.1) is 5.92 Å². The summed E-state index contributed by atoms with van der Waals surface area (Å²) in [5.41, 5.74) is 1.05. The van der Waals surface area contributed by atoms with Gasteiger partial charge in [0.15, 0.2) is 0 Å². The fourth-order valence-corrected chi connectivity index (χ4v) is 2.31. The Balaban J connectivity index is 1.87. The molecule has 1 aromatic rings. The summed E-state index contributed by atoms with van der Waals surface area (Å²) in [6, 6.07) is 9.90. The molecule has 2 rings (SSSR count). The molecule has 1 fully saturated rings. The van der Waals surface area contributed by atoms with Crippen molar-refractivity contribution in [3.8, 4) is 0 Å². The zero-order valence-electron chi connectivity index (χ0n) is 11.8. The molecule has 2 atom stereocenters. The first-order valence-electron chi connectivity index (χ1n) is 7.18. The van der Waals surface area contributed by atoms with Gasteiger partial charge in [0.2, 0.25) is 0 Å². The van der Waals surface area contributed by atoms with Gasteiger partial charge in [0.05, 0.1) is 5.92 Å². The number of likely N-dealkylation sites (tertiary alicyclic amines) is 1. The summed E-state index contributed by atoms with van der Waals surface area (Å²) in [5, 5.41) is 0. The highest BCUT2D eigenvalue weighted by atomic mass is 16.5. The monoisotopic (exact) mass is 261 g/mol. The standard InChI is InChI=1S/C16H23NO2/c1-3-14(12-17-10-7-11-17)16(18)19-13(2)15-8-5-4-6-9-15/h4-6,8-9,13-14H,3,7,10-12H2,1-2H3. The quantitative estimate of drug-likeness (QED) is 0.737. The fraction of sp³-hybridized carbons (Fsp3) is 0.562. The first kappa shape index (κ1) is 14.1. The molecule has 1 aromatic carbocycles. The maximum Gasteiger partial charge on any atom is 0.310 e. The van der Waals surface area contributed by atoms with Gasteiger partial charge in [-0.2, -0.15) is 0 Å². The number of carbonyl (C=O) groups excluding carboxylic acids is 1. The molecule has 1 saturated heterocycles. The molecular formula is C16H23NO2. The Hall–Kier alpha value is -1.35. The number of ether oxygens (including phenoxy) is 1. The van der Waals surface area contributed by atoms with Gasteiger partial charge in [-0.05, 0) is 38.4 Å². The van der Waals surface area contributed by atoms with Crippen molar-refractivity contribution in [3.63, 3.8) is 0 Å². The lowest BCUT2D eigenvalue weighted by Gasteiger charge is -2.33. The number of hydrogen-bond donors (Lipinski definition) is 0. The van der Waals surface area contributed by atoms with Crippen molar-refractivity contribution in [3.05, 3.63) is 35.9 Å². The molecule has 0 aromatic heterocycles. The molecule has 0 aliphatic carbocycles. The lowest BCUT2D eigenvalue weighted by Crippen LogP contribution is -2.42. The number of carbonyl (C=O) groups is 1. The van der Waals surface area contributed by atoms with Crippen molar-refractivity contribution in [2.45, 2.75) is 32.8 Å². The minimum atomic E-state index is -0.167. The van der Waals surface area contributed by atoms with Crippen LogP contribution in [0.15, 0.2) is 30.3 Å². The molecule has 104 valence electrons. The molecule has 0 radical (unpaired) electrons. The van der Waals surface area contributed by atoms with Crippen LogP contribution < -0.4 is 0 Å². The summed E-state index contributed by atoms with van der Waals surface area (Å²) in [7, 11) is 0. The highest BCUT2D eigenvalue weighted by Gasteiger charge is 2.25. The molecule has 0 saturated carbocycles. The van der Waals surface area contributed by atoms with E-state index in [9.17, 15) is 4.79 Å². The summed E-state index contributed by atoms with van der Waals surface area (Å²) < 4.78 is 5.59. The second-order valence-electron chi connectivity index (χ2n) is 5.25. The van der Waals surface area contributed by atoms with E-state index in [0.717, 1.165) is 31.6 Å².